The number of benzene rings is 2. The number of ether oxygens (including phenoxy) is 1. The second kappa shape index (κ2) is 6.77. The third-order valence-electron chi connectivity index (χ3n) is 3.79. The molecule has 0 saturated carbocycles. The number of amides is 2. The van der Waals surface area contributed by atoms with Crippen molar-refractivity contribution in [3.05, 3.63) is 48.0 Å². The molecule has 8 nitrogen and oxygen atoms in total. The summed E-state index contributed by atoms with van der Waals surface area (Å²) in [6, 6.07) is 10.8. The second-order valence-corrected chi connectivity index (χ2v) is 7.48. The van der Waals surface area contributed by atoms with Crippen molar-refractivity contribution in [1.29, 1.82) is 0 Å². The number of aryl methyl sites for hydroxylation is 1. The van der Waals surface area contributed by atoms with Crippen molar-refractivity contribution in [2.75, 3.05) is 10.6 Å². The van der Waals surface area contributed by atoms with Gasteiger partial charge in [0.2, 0.25) is 15.9 Å². The van der Waals surface area contributed by atoms with Gasteiger partial charge in [0.25, 0.3) is 5.91 Å². The van der Waals surface area contributed by atoms with Crippen molar-refractivity contribution in [2.45, 2.75) is 24.3 Å². The van der Waals surface area contributed by atoms with Crippen LogP contribution in [0.3, 0.4) is 0 Å². The molecule has 136 valence electrons. The normalized spacial score (nSPS) is 16.2. The Morgan fingerprint density at radius 1 is 1.23 bits per heavy atom. The molecule has 0 bridgehead atoms. The number of carbonyl (C=O) groups is 2. The predicted octanol–water partition coefficient (Wildman–Crippen LogP) is 1.37. The average molecular weight is 375 g/mol. The van der Waals surface area contributed by atoms with E-state index in [9.17, 15) is 18.0 Å². The smallest absolute Gasteiger partial charge is 0.266 e. The van der Waals surface area contributed by atoms with E-state index in [0.717, 1.165) is 5.56 Å². The molecule has 0 saturated heterocycles. The largest absolute Gasteiger partial charge is 0.478 e. The third kappa shape index (κ3) is 4.01. The van der Waals surface area contributed by atoms with Gasteiger partial charge in [-0.2, -0.15) is 0 Å². The van der Waals surface area contributed by atoms with Gasteiger partial charge in [-0.25, -0.2) is 13.6 Å². The van der Waals surface area contributed by atoms with Crippen LogP contribution in [0.5, 0.6) is 5.75 Å². The number of carbonyl (C=O) groups excluding carboxylic acids is 2. The SMILES string of the molecule is Cc1ccc2c(c1)NC(=O)C(CC(=O)Nc1ccc(S(N)(=O)=O)cc1)O2. The Kier molecular flexibility index (Phi) is 4.66. The molecule has 9 heteroatoms. The zero-order chi connectivity index (χ0) is 18.9. The van der Waals surface area contributed by atoms with Gasteiger partial charge in [0, 0.05) is 5.69 Å². The minimum atomic E-state index is -3.80. The number of sulfonamides is 1. The molecule has 1 aliphatic heterocycles. The number of anilines is 2. The number of nitrogens with two attached hydrogens (primary N) is 1. The van der Waals surface area contributed by atoms with E-state index in [1.54, 1.807) is 12.1 Å². The highest BCUT2D eigenvalue weighted by Crippen LogP contribution is 2.31. The first kappa shape index (κ1) is 17.9. The number of rotatable bonds is 4. The molecule has 0 radical (unpaired) electrons. The van der Waals surface area contributed by atoms with Crippen molar-refractivity contribution >= 4 is 33.2 Å². The van der Waals surface area contributed by atoms with Gasteiger partial charge in [0.15, 0.2) is 6.10 Å². The third-order valence-corrected chi connectivity index (χ3v) is 4.72. The number of hydrogen-bond acceptors (Lipinski definition) is 5. The van der Waals surface area contributed by atoms with Gasteiger partial charge in [-0.15, -0.1) is 0 Å². The molecule has 2 aromatic carbocycles. The van der Waals surface area contributed by atoms with Crippen molar-refractivity contribution in [3.63, 3.8) is 0 Å². The fourth-order valence-corrected chi connectivity index (χ4v) is 3.02. The lowest BCUT2D eigenvalue weighted by molar-refractivity contribution is -0.128. The number of hydrogen-bond donors (Lipinski definition) is 3. The van der Waals surface area contributed by atoms with Crippen molar-refractivity contribution in [3.8, 4) is 5.75 Å². The topological polar surface area (TPSA) is 128 Å². The van der Waals surface area contributed by atoms with Crippen LogP contribution in [-0.4, -0.2) is 26.3 Å². The standard InChI is InChI=1S/C17H17N3O5S/c1-10-2-7-14-13(8-10)20-17(22)15(25-14)9-16(21)19-11-3-5-12(6-4-11)26(18,23)24/h2-8,15H,9H2,1H3,(H,19,21)(H,20,22)(H2,18,23,24). The molecule has 1 heterocycles. The van der Waals surface area contributed by atoms with Gasteiger partial charge in [-0.3, -0.25) is 9.59 Å². The summed E-state index contributed by atoms with van der Waals surface area (Å²) in [7, 11) is -3.80. The molecular weight excluding hydrogens is 358 g/mol. The monoisotopic (exact) mass is 375 g/mol. The maximum absolute atomic E-state index is 12.2. The summed E-state index contributed by atoms with van der Waals surface area (Å²) in [5.41, 5.74) is 1.94. The average Bonchev–Trinajstić information content (AvgIpc) is 2.55. The van der Waals surface area contributed by atoms with Crippen LogP contribution in [0, 0.1) is 6.92 Å². The molecule has 4 N–H and O–H groups in total. The van der Waals surface area contributed by atoms with Gasteiger partial charge in [0.05, 0.1) is 17.0 Å². The maximum atomic E-state index is 12.2. The highest BCUT2D eigenvalue weighted by molar-refractivity contribution is 7.89. The lowest BCUT2D eigenvalue weighted by Gasteiger charge is -2.25. The molecule has 0 aliphatic carbocycles. The highest BCUT2D eigenvalue weighted by atomic mass is 32.2. The maximum Gasteiger partial charge on any atom is 0.266 e. The second-order valence-electron chi connectivity index (χ2n) is 5.92. The van der Waals surface area contributed by atoms with E-state index in [-0.39, 0.29) is 11.3 Å². The van der Waals surface area contributed by atoms with E-state index in [4.69, 9.17) is 9.88 Å². The van der Waals surface area contributed by atoms with E-state index in [1.807, 2.05) is 13.0 Å². The predicted molar refractivity (Wildman–Crippen MR) is 95.3 cm³/mol. The summed E-state index contributed by atoms with van der Waals surface area (Å²) in [6.45, 7) is 1.90. The van der Waals surface area contributed by atoms with Gasteiger partial charge in [0.1, 0.15) is 5.75 Å². The molecule has 0 fully saturated rings. The number of fused-ring (bicyclic) bond motifs is 1. The van der Waals surface area contributed by atoms with E-state index in [1.165, 1.54) is 24.3 Å². The number of nitrogens with one attached hydrogen (secondary N) is 2. The van der Waals surface area contributed by atoms with Crippen molar-refractivity contribution in [2.24, 2.45) is 5.14 Å². The van der Waals surface area contributed by atoms with Crippen LogP contribution in [0.2, 0.25) is 0 Å². The zero-order valence-electron chi connectivity index (χ0n) is 13.9. The van der Waals surface area contributed by atoms with Crippen molar-refractivity contribution < 1.29 is 22.7 Å². The summed E-state index contributed by atoms with van der Waals surface area (Å²) >= 11 is 0. The first-order chi connectivity index (χ1) is 12.2. The number of primary sulfonamides is 1. The van der Waals surface area contributed by atoms with Crippen LogP contribution < -0.4 is 20.5 Å². The Bertz CT molecular complexity index is 970. The molecule has 0 aromatic heterocycles. The molecule has 26 heavy (non-hydrogen) atoms. The van der Waals surface area contributed by atoms with Crippen LogP contribution in [0.25, 0.3) is 0 Å². The Hall–Kier alpha value is -2.91. The minimum absolute atomic E-state index is 0.0580. The van der Waals surface area contributed by atoms with Crippen LogP contribution in [-0.2, 0) is 19.6 Å². The highest BCUT2D eigenvalue weighted by Gasteiger charge is 2.29. The first-order valence-electron chi connectivity index (χ1n) is 7.73. The van der Waals surface area contributed by atoms with Crippen LogP contribution in [0.4, 0.5) is 11.4 Å². The Morgan fingerprint density at radius 2 is 1.92 bits per heavy atom. The van der Waals surface area contributed by atoms with E-state index in [2.05, 4.69) is 10.6 Å². The lowest BCUT2D eigenvalue weighted by atomic mass is 10.1. The fraction of sp³-hybridized carbons (Fsp3) is 0.176. The van der Waals surface area contributed by atoms with Crippen molar-refractivity contribution in [1.82, 2.24) is 0 Å². The zero-order valence-corrected chi connectivity index (χ0v) is 14.7. The summed E-state index contributed by atoms with van der Waals surface area (Å²) < 4.78 is 28.0. The van der Waals surface area contributed by atoms with Crippen LogP contribution >= 0.6 is 0 Å². The minimum Gasteiger partial charge on any atom is -0.478 e. The molecule has 0 spiro atoms. The van der Waals surface area contributed by atoms with E-state index in [0.29, 0.717) is 17.1 Å². The van der Waals surface area contributed by atoms with Crippen LogP contribution in [0.1, 0.15) is 12.0 Å². The molecule has 1 unspecified atom stereocenters. The van der Waals surface area contributed by atoms with Gasteiger partial charge >= 0.3 is 0 Å². The Labute approximate surface area is 150 Å². The fourth-order valence-electron chi connectivity index (χ4n) is 2.51. The molecule has 2 aromatic rings. The lowest BCUT2D eigenvalue weighted by Crippen LogP contribution is -2.39. The summed E-state index contributed by atoms with van der Waals surface area (Å²) in [4.78, 5) is 24.2. The van der Waals surface area contributed by atoms with Gasteiger partial charge in [-0.05, 0) is 48.9 Å². The molecular formula is C17H17N3O5S. The summed E-state index contributed by atoms with van der Waals surface area (Å²) in [6.07, 6.45) is -1.13. The van der Waals surface area contributed by atoms with Gasteiger partial charge < -0.3 is 15.4 Å². The molecule has 1 atom stereocenters. The molecule has 1 aliphatic rings. The van der Waals surface area contributed by atoms with E-state index >= 15 is 0 Å². The van der Waals surface area contributed by atoms with Gasteiger partial charge in [-0.1, -0.05) is 6.07 Å². The summed E-state index contributed by atoms with van der Waals surface area (Å²) in [5.74, 6) is -0.336. The summed E-state index contributed by atoms with van der Waals surface area (Å²) in [5, 5.41) is 10.3. The van der Waals surface area contributed by atoms with E-state index < -0.39 is 27.9 Å². The van der Waals surface area contributed by atoms with Crippen LogP contribution in [0.15, 0.2) is 47.4 Å². The Balaban J connectivity index is 1.65. The quantitative estimate of drug-likeness (QED) is 0.744. The first-order valence-corrected chi connectivity index (χ1v) is 9.28. The molecule has 2 amide bonds. The molecule has 3 rings (SSSR count). The Morgan fingerprint density at radius 3 is 2.58 bits per heavy atom.